The largest absolute Gasteiger partial charge is 0.286 e. The second-order valence-electron chi connectivity index (χ2n) is 4.73. The summed E-state index contributed by atoms with van der Waals surface area (Å²) in [5.74, 6) is -0.314. The number of hydrogen-bond acceptors (Lipinski definition) is 6. The van der Waals surface area contributed by atoms with Crippen LogP contribution >= 0.6 is 22.9 Å². The van der Waals surface area contributed by atoms with Crippen molar-refractivity contribution in [2.45, 2.75) is 0 Å². The fraction of sp³-hybridized carbons (Fsp3) is 0. The van der Waals surface area contributed by atoms with Gasteiger partial charge in [0.25, 0.3) is 5.69 Å². The first-order chi connectivity index (χ1) is 11.5. The summed E-state index contributed by atoms with van der Waals surface area (Å²) in [7, 11) is 0. The van der Waals surface area contributed by atoms with Crippen LogP contribution < -0.4 is 4.80 Å². The highest BCUT2D eigenvalue weighted by atomic mass is 35.5. The molecule has 0 spiro atoms. The van der Waals surface area contributed by atoms with Gasteiger partial charge < -0.3 is 0 Å². The van der Waals surface area contributed by atoms with Crippen molar-refractivity contribution in [1.29, 1.82) is 5.41 Å². The van der Waals surface area contributed by atoms with Crippen LogP contribution in [0.5, 0.6) is 0 Å². The Labute approximate surface area is 144 Å². The highest BCUT2D eigenvalue weighted by molar-refractivity contribution is 7.11. The van der Waals surface area contributed by atoms with Crippen molar-refractivity contribution in [3.05, 3.63) is 79.0 Å². The zero-order valence-corrected chi connectivity index (χ0v) is 13.5. The summed E-state index contributed by atoms with van der Waals surface area (Å²) in [5.41, 5.74) is 0.833. The highest BCUT2D eigenvalue weighted by Gasteiger charge is 2.16. The van der Waals surface area contributed by atoms with Crippen molar-refractivity contribution < 1.29 is 9.72 Å². The van der Waals surface area contributed by atoms with Crippen LogP contribution in [-0.2, 0) is 0 Å². The molecule has 0 amide bonds. The van der Waals surface area contributed by atoms with Gasteiger partial charge in [0, 0.05) is 22.7 Å². The molecular weight excluding hydrogens is 352 g/mol. The number of ketones is 1. The summed E-state index contributed by atoms with van der Waals surface area (Å²) in [4.78, 5) is 22.6. The number of benzene rings is 2. The van der Waals surface area contributed by atoms with Crippen LogP contribution in [0.1, 0.15) is 15.4 Å². The molecule has 0 saturated carbocycles. The van der Waals surface area contributed by atoms with Gasteiger partial charge in [-0.2, -0.15) is 5.10 Å². The van der Waals surface area contributed by atoms with Crippen LogP contribution in [0.15, 0.2) is 48.5 Å². The van der Waals surface area contributed by atoms with E-state index in [0.717, 1.165) is 11.3 Å². The average Bonchev–Trinajstić information content (AvgIpc) is 2.97. The maximum atomic E-state index is 12.4. The summed E-state index contributed by atoms with van der Waals surface area (Å²) >= 11 is 6.73. The summed E-state index contributed by atoms with van der Waals surface area (Å²) in [6, 6.07) is 12.0. The standard InChI is InChI=1S/C15H9ClN4O3S/c16-10-3-1-9(2-4-10)13(21)14-18-19(15(17)24-14)11-5-7-12(8-6-11)20(22)23/h1-8,17H. The zero-order chi connectivity index (χ0) is 17.3. The molecule has 0 atom stereocenters. The number of nitrogens with zero attached hydrogens (tertiary/aromatic N) is 3. The van der Waals surface area contributed by atoms with Crippen LogP contribution in [-0.4, -0.2) is 20.5 Å². The number of aromatic nitrogens is 2. The zero-order valence-electron chi connectivity index (χ0n) is 12.0. The van der Waals surface area contributed by atoms with Gasteiger partial charge >= 0.3 is 0 Å². The molecule has 0 fully saturated rings. The van der Waals surface area contributed by atoms with E-state index in [0.29, 0.717) is 16.3 Å². The SMILES string of the molecule is N=c1sc(C(=O)c2ccc(Cl)cc2)nn1-c1ccc([N+](=O)[O-])cc1. The van der Waals surface area contributed by atoms with Gasteiger partial charge in [-0.15, -0.1) is 0 Å². The van der Waals surface area contributed by atoms with E-state index in [1.807, 2.05) is 0 Å². The number of non-ortho nitro benzene ring substituents is 1. The minimum absolute atomic E-state index is 0.0427. The Hall–Kier alpha value is -2.84. The lowest BCUT2D eigenvalue weighted by atomic mass is 10.1. The lowest BCUT2D eigenvalue weighted by Crippen LogP contribution is -2.12. The molecule has 1 heterocycles. The number of carbonyl (C=O) groups excluding carboxylic acids is 1. The van der Waals surface area contributed by atoms with E-state index in [9.17, 15) is 14.9 Å². The van der Waals surface area contributed by atoms with Gasteiger partial charge in [-0.3, -0.25) is 20.3 Å². The van der Waals surface area contributed by atoms with Crippen molar-refractivity contribution in [1.82, 2.24) is 9.78 Å². The number of nitro groups is 1. The summed E-state index contributed by atoms with van der Waals surface area (Å²) in [6.45, 7) is 0. The first-order valence-electron chi connectivity index (χ1n) is 6.65. The van der Waals surface area contributed by atoms with Gasteiger partial charge in [-0.05, 0) is 36.4 Å². The normalized spacial score (nSPS) is 10.5. The molecule has 0 aliphatic heterocycles. The number of nitrogens with one attached hydrogen (secondary N) is 1. The molecule has 120 valence electrons. The molecule has 0 aliphatic rings. The number of carbonyl (C=O) groups is 1. The van der Waals surface area contributed by atoms with Crippen molar-refractivity contribution >= 4 is 34.4 Å². The van der Waals surface area contributed by atoms with E-state index >= 15 is 0 Å². The van der Waals surface area contributed by atoms with Gasteiger partial charge in [0.05, 0.1) is 10.6 Å². The molecule has 2 aromatic carbocycles. The predicted molar refractivity (Wildman–Crippen MR) is 88.8 cm³/mol. The highest BCUT2D eigenvalue weighted by Crippen LogP contribution is 2.17. The molecule has 1 N–H and O–H groups in total. The second kappa shape index (κ2) is 6.34. The Morgan fingerprint density at radius 2 is 1.79 bits per heavy atom. The number of rotatable bonds is 4. The molecule has 0 unspecified atom stereocenters. The average molecular weight is 361 g/mol. The summed E-state index contributed by atoms with van der Waals surface area (Å²) < 4.78 is 1.26. The maximum Gasteiger partial charge on any atom is 0.269 e. The van der Waals surface area contributed by atoms with Crippen LogP contribution in [0.4, 0.5) is 5.69 Å². The van der Waals surface area contributed by atoms with E-state index in [1.165, 1.54) is 28.9 Å². The van der Waals surface area contributed by atoms with Crippen molar-refractivity contribution in [2.75, 3.05) is 0 Å². The monoisotopic (exact) mass is 360 g/mol. The first kappa shape index (κ1) is 16.0. The molecule has 24 heavy (non-hydrogen) atoms. The van der Waals surface area contributed by atoms with Gasteiger partial charge in [0.15, 0.2) is 5.01 Å². The molecular formula is C15H9ClN4O3S. The molecule has 0 radical (unpaired) electrons. The lowest BCUT2D eigenvalue weighted by molar-refractivity contribution is -0.384. The quantitative estimate of drug-likeness (QED) is 0.438. The van der Waals surface area contributed by atoms with E-state index in [-0.39, 0.29) is 21.3 Å². The number of halogens is 1. The van der Waals surface area contributed by atoms with Crippen LogP contribution in [0.3, 0.4) is 0 Å². The third kappa shape index (κ3) is 3.10. The molecule has 0 saturated heterocycles. The van der Waals surface area contributed by atoms with E-state index < -0.39 is 4.92 Å². The molecule has 0 bridgehead atoms. The molecule has 3 aromatic rings. The van der Waals surface area contributed by atoms with E-state index in [2.05, 4.69) is 5.10 Å². The minimum atomic E-state index is -0.507. The van der Waals surface area contributed by atoms with Gasteiger partial charge in [0.2, 0.25) is 10.6 Å². The maximum absolute atomic E-state index is 12.4. The fourth-order valence-electron chi connectivity index (χ4n) is 2.00. The van der Waals surface area contributed by atoms with Crippen LogP contribution in [0.2, 0.25) is 5.02 Å². The van der Waals surface area contributed by atoms with Crippen molar-refractivity contribution in [3.63, 3.8) is 0 Å². The van der Waals surface area contributed by atoms with Crippen molar-refractivity contribution in [2.24, 2.45) is 0 Å². The van der Waals surface area contributed by atoms with Gasteiger partial charge in [-0.1, -0.05) is 22.9 Å². The van der Waals surface area contributed by atoms with Gasteiger partial charge in [-0.25, -0.2) is 4.68 Å². The smallest absolute Gasteiger partial charge is 0.269 e. The lowest BCUT2D eigenvalue weighted by Gasteiger charge is -2.00. The molecule has 1 aromatic heterocycles. The van der Waals surface area contributed by atoms with Crippen LogP contribution in [0.25, 0.3) is 5.69 Å². The second-order valence-corrected chi connectivity index (χ2v) is 6.15. The molecule has 0 aliphatic carbocycles. The summed E-state index contributed by atoms with van der Waals surface area (Å²) in [5, 5.41) is 23.5. The molecule has 3 rings (SSSR count). The molecule has 9 heteroatoms. The Morgan fingerprint density at radius 1 is 1.17 bits per heavy atom. The Morgan fingerprint density at radius 3 is 2.38 bits per heavy atom. The fourth-order valence-corrected chi connectivity index (χ4v) is 2.87. The predicted octanol–water partition coefficient (Wildman–Crippen LogP) is 3.21. The van der Waals surface area contributed by atoms with Crippen LogP contribution in [0, 0.1) is 15.5 Å². The first-order valence-corrected chi connectivity index (χ1v) is 7.85. The van der Waals surface area contributed by atoms with E-state index in [4.69, 9.17) is 17.0 Å². The van der Waals surface area contributed by atoms with Gasteiger partial charge in [0.1, 0.15) is 0 Å². The molecule has 7 nitrogen and oxygen atoms in total. The Balaban J connectivity index is 1.95. The number of hydrogen-bond donors (Lipinski definition) is 1. The third-order valence-corrected chi connectivity index (χ3v) is 4.26. The summed E-state index contributed by atoms with van der Waals surface area (Å²) in [6.07, 6.45) is 0. The third-order valence-electron chi connectivity index (χ3n) is 3.18. The minimum Gasteiger partial charge on any atom is -0.286 e. The van der Waals surface area contributed by atoms with Crippen molar-refractivity contribution in [3.8, 4) is 5.69 Å². The number of nitro benzene ring substituents is 1. The Kier molecular flexibility index (Phi) is 4.24. The van der Waals surface area contributed by atoms with E-state index in [1.54, 1.807) is 24.3 Å². The topological polar surface area (TPSA) is 102 Å². The Bertz CT molecular complexity index is 977.